The largest absolute Gasteiger partial charge is 0.467 e. The van der Waals surface area contributed by atoms with Gasteiger partial charge in [0.05, 0.1) is 12.8 Å². The van der Waals surface area contributed by atoms with Gasteiger partial charge in [0, 0.05) is 57.3 Å². The molecule has 0 bridgehead atoms. The molecule has 1 unspecified atom stereocenters. The third-order valence-electron chi connectivity index (χ3n) is 7.13. The van der Waals surface area contributed by atoms with Crippen LogP contribution >= 0.6 is 0 Å². The molecule has 1 saturated heterocycles. The fourth-order valence-electron chi connectivity index (χ4n) is 5.32. The molecule has 1 aromatic heterocycles. The lowest BCUT2D eigenvalue weighted by atomic mass is 9.89. The van der Waals surface area contributed by atoms with E-state index in [1.54, 1.807) is 7.11 Å². The Morgan fingerprint density at radius 2 is 1.88 bits per heavy atom. The highest BCUT2D eigenvalue weighted by molar-refractivity contribution is 5.87. The molecule has 1 atom stereocenters. The van der Waals surface area contributed by atoms with E-state index in [4.69, 9.17) is 14.7 Å². The standard InChI is InChI=1S/C25H31N5O2/c1-3-23(31)28-12-14-29(15-13-28)24-21-9-8-20(16-22(21)26-25(27-24)32-2)30-11-10-18-6-4-5-7-19(18)17-30/h3-7,20H,1,8-17H2,2H3. The van der Waals surface area contributed by atoms with Crippen molar-refractivity contribution in [1.82, 2.24) is 19.8 Å². The summed E-state index contributed by atoms with van der Waals surface area (Å²) in [5.41, 5.74) is 5.31. The second kappa shape index (κ2) is 8.90. The van der Waals surface area contributed by atoms with Crippen molar-refractivity contribution >= 4 is 11.7 Å². The number of aromatic nitrogens is 2. The Morgan fingerprint density at radius 3 is 2.62 bits per heavy atom. The molecule has 0 saturated carbocycles. The summed E-state index contributed by atoms with van der Waals surface area (Å²) in [6, 6.07) is 9.74. The highest BCUT2D eigenvalue weighted by Gasteiger charge is 2.32. The molecule has 1 amide bonds. The molecule has 1 aliphatic carbocycles. The number of fused-ring (bicyclic) bond motifs is 2. The van der Waals surface area contributed by atoms with E-state index in [0.29, 0.717) is 25.1 Å². The van der Waals surface area contributed by atoms with E-state index in [1.165, 1.54) is 22.8 Å². The molecule has 1 fully saturated rings. The summed E-state index contributed by atoms with van der Waals surface area (Å²) in [6.45, 7) is 8.62. The van der Waals surface area contributed by atoms with Crippen LogP contribution in [0.15, 0.2) is 36.9 Å². The van der Waals surface area contributed by atoms with E-state index in [2.05, 4.69) is 40.6 Å². The van der Waals surface area contributed by atoms with E-state index >= 15 is 0 Å². The Balaban J connectivity index is 1.34. The summed E-state index contributed by atoms with van der Waals surface area (Å²) < 4.78 is 5.48. The molecule has 32 heavy (non-hydrogen) atoms. The van der Waals surface area contributed by atoms with Crippen molar-refractivity contribution in [3.8, 4) is 6.01 Å². The second-order valence-corrected chi connectivity index (χ2v) is 8.86. The zero-order chi connectivity index (χ0) is 22.1. The Kier molecular flexibility index (Phi) is 5.83. The fourth-order valence-corrected chi connectivity index (χ4v) is 5.32. The van der Waals surface area contributed by atoms with E-state index in [0.717, 1.165) is 63.4 Å². The molecule has 3 aliphatic rings. The molecule has 2 aliphatic heterocycles. The number of carbonyl (C=O) groups is 1. The average molecular weight is 434 g/mol. The zero-order valence-corrected chi connectivity index (χ0v) is 18.8. The SMILES string of the molecule is C=CC(=O)N1CCN(c2nc(OC)nc3c2CCC(N2CCc4ccccc4C2)C3)CC1. The number of nitrogens with zero attached hydrogens (tertiary/aromatic N) is 5. The van der Waals surface area contributed by atoms with Gasteiger partial charge in [-0.1, -0.05) is 30.8 Å². The molecule has 0 spiro atoms. The number of rotatable bonds is 4. The number of anilines is 1. The topological polar surface area (TPSA) is 61.8 Å². The highest BCUT2D eigenvalue weighted by atomic mass is 16.5. The van der Waals surface area contributed by atoms with Gasteiger partial charge in [0.25, 0.3) is 0 Å². The van der Waals surface area contributed by atoms with E-state index < -0.39 is 0 Å². The van der Waals surface area contributed by atoms with Gasteiger partial charge in [-0.25, -0.2) is 0 Å². The van der Waals surface area contributed by atoms with Gasteiger partial charge in [0.1, 0.15) is 5.82 Å². The maximum absolute atomic E-state index is 11.9. The minimum absolute atomic E-state index is 0.00195. The van der Waals surface area contributed by atoms with E-state index in [-0.39, 0.29) is 5.91 Å². The first-order chi connectivity index (χ1) is 15.7. The summed E-state index contributed by atoms with van der Waals surface area (Å²) in [6.07, 6.45) is 5.53. The van der Waals surface area contributed by atoms with Crippen molar-refractivity contribution < 1.29 is 9.53 Å². The summed E-state index contributed by atoms with van der Waals surface area (Å²) in [5.74, 6) is 0.984. The quantitative estimate of drug-likeness (QED) is 0.690. The van der Waals surface area contributed by atoms with Gasteiger partial charge in [-0.2, -0.15) is 9.97 Å². The summed E-state index contributed by atoms with van der Waals surface area (Å²) in [7, 11) is 1.63. The molecule has 0 N–H and O–H groups in total. The van der Waals surface area contributed by atoms with Crippen molar-refractivity contribution in [2.75, 3.05) is 44.7 Å². The highest BCUT2D eigenvalue weighted by Crippen LogP contribution is 2.33. The predicted octanol–water partition coefficient (Wildman–Crippen LogP) is 2.24. The Hall–Kier alpha value is -2.93. The van der Waals surface area contributed by atoms with Gasteiger partial charge in [0.15, 0.2) is 0 Å². The van der Waals surface area contributed by atoms with Crippen molar-refractivity contribution in [2.45, 2.75) is 38.3 Å². The fraction of sp³-hybridized carbons (Fsp3) is 0.480. The first-order valence-corrected chi connectivity index (χ1v) is 11.6. The monoisotopic (exact) mass is 433 g/mol. The summed E-state index contributed by atoms with van der Waals surface area (Å²) in [5, 5.41) is 0. The normalized spacial score (nSPS) is 21.0. The van der Waals surface area contributed by atoms with Gasteiger partial charge in [-0.05, 0) is 36.5 Å². The number of amides is 1. The maximum atomic E-state index is 11.9. The van der Waals surface area contributed by atoms with E-state index in [1.807, 2.05) is 4.90 Å². The molecule has 168 valence electrons. The van der Waals surface area contributed by atoms with Gasteiger partial charge >= 0.3 is 6.01 Å². The maximum Gasteiger partial charge on any atom is 0.318 e. The van der Waals surface area contributed by atoms with Crippen LogP contribution in [0, 0.1) is 0 Å². The van der Waals surface area contributed by atoms with Crippen LogP contribution in [0.5, 0.6) is 6.01 Å². The first kappa shape index (κ1) is 20.9. The number of carbonyl (C=O) groups excluding carboxylic acids is 1. The summed E-state index contributed by atoms with van der Waals surface area (Å²) >= 11 is 0. The third-order valence-corrected chi connectivity index (χ3v) is 7.13. The molecule has 0 radical (unpaired) electrons. The van der Waals surface area contributed by atoms with Gasteiger partial charge in [-0.3, -0.25) is 9.69 Å². The smallest absolute Gasteiger partial charge is 0.318 e. The van der Waals surface area contributed by atoms with Crippen LogP contribution in [0.1, 0.15) is 28.8 Å². The minimum Gasteiger partial charge on any atom is -0.467 e. The third kappa shape index (κ3) is 3.97. The van der Waals surface area contributed by atoms with Crippen molar-refractivity contribution in [3.05, 3.63) is 59.3 Å². The molecule has 1 aromatic carbocycles. The number of benzene rings is 1. The molecule has 7 nitrogen and oxygen atoms in total. The van der Waals surface area contributed by atoms with Crippen LogP contribution in [-0.4, -0.2) is 71.6 Å². The van der Waals surface area contributed by atoms with Crippen molar-refractivity contribution in [1.29, 1.82) is 0 Å². The van der Waals surface area contributed by atoms with Gasteiger partial charge in [-0.15, -0.1) is 0 Å². The average Bonchev–Trinajstić information content (AvgIpc) is 2.87. The lowest BCUT2D eigenvalue weighted by Gasteiger charge is -2.40. The molecule has 5 rings (SSSR count). The molecule has 2 aromatic rings. The van der Waals surface area contributed by atoms with Gasteiger partial charge < -0.3 is 14.5 Å². The molecule has 3 heterocycles. The second-order valence-electron chi connectivity index (χ2n) is 8.86. The molecular formula is C25H31N5O2. The lowest BCUT2D eigenvalue weighted by Crippen LogP contribution is -2.49. The van der Waals surface area contributed by atoms with Crippen LogP contribution in [0.2, 0.25) is 0 Å². The Morgan fingerprint density at radius 1 is 1.09 bits per heavy atom. The van der Waals surface area contributed by atoms with Crippen LogP contribution < -0.4 is 9.64 Å². The number of hydrogen-bond donors (Lipinski definition) is 0. The van der Waals surface area contributed by atoms with Crippen LogP contribution in [0.3, 0.4) is 0 Å². The molecule has 7 heteroatoms. The van der Waals surface area contributed by atoms with Crippen LogP contribution in [0.4, 0.5) is 5.82 Å². The predicted molar refractivity (Wildman–Crippen MR) is 124 cm³/mol. The Labute approximate surface area is 189 Å². The van der Waals surface area contributed by atoms with Crippen LogP contribution in [0.25, 0.3) is 0 Å². The van der Waals surface area contributed by atoms with E-state index in [9.17, 15) is 4.79 Å². The summed E-state index contributed by atoms with van der Waals surface area (Å²) in [4.78, 5) is 28.2. The first-order valence-electron chi connectivity index (χ1n) is 11.6. The molecular weight excluding hydrogens is 402 g/mol. The number of piperazine rings is 1. The number of methoxy groups -OCH3 is 1. The van der Waals surface area contributed by atoms with Gasteiger partial charge in [0.2, 0.25) is 5.91 Å². The number of ether oxygens (including phenoxy) is 1. The number of hydrogen-bond acceptors (Lipinski definition) is 6. The van der Waals surface area contributed by atoms with Crippen molar-refractivity contribution in [2.24, 2.45) is 0 Å². The Bertz CT molecular complexity index is 1020. The van der Waals surface area contributed by atoms with Crippen molar-refractivity contribution in [3.63, 3.8) is 0 Å². The zero-order valence-electron chi connectivity index (χ0n) is 18.8. The minimum atomic E-state index is -0.00195. The van der Waals surface area contributed by atoms with Crippen LogP contribution in [-0.2, 0) is 30.6 Å². The lowest BCUT2D eigenvalue weighted by molar-refractivity contribution is -0.126.